The Morgan fingerprint density at radius 1 is 0.700 bits per heavy atom. The van der Waals surface area contributed by atoms with Crippen molar-refractivity contribution in [2.24, 2.45) is 0 Å². The minimum absolute atomic E-state index is 0.423. The summed E-state index contributed by atoms with van der Waals surface area (Å²) >= 11 is 0. The summed E-state index contributed by atoms with van der Waals surface area (Å²) in [5.41, 5.74) is 5.76. The molecular weight excluding hydrogens is 372 g/mol. The van der Waals surface area contributed by atoms with Crippen LogP contribution in [-0.4, -0.2) is 19.7 Å². The second kappa shape index (κ2) is 7.44. The molecule has 0 fully saturated rings. The van der Waals surface area contributed by atoms with Crippen LogP contribution in [0.2, 0.25) is 0 Å². The third-order valence-electron chi connectivity index (χ3n) is 4.91. The topological polar surface area (TPSA) is 52.8 Å². The summed E-state index contributed by atoms with van der Waals surface area (Å²) in [5, 5.41) is 4.58. The van der Waals surface area contributed by atoms with Crippen LogP contribution in [0.5, 0.6) is 11.6 Å². The summed E-state index contributed by atoms with van der Waals surface area (Å²) < 4.78 is 7.97. The van der Waals surface area contributed by atoms with Gasteiger partial charge < -0.3 is 4.74 Å². The van der Waals surface area contributed by atoms with E-state index in [9.17, 15) is 0 Å². The first-order valence-electron chi connectivity index (χ1n) is 9.81. The zero-order chi connectivity index (χ0) is 20.5. The zero-order valence-electron chi connectivity index (χ0n) is 16.8. The van der Waals surface area contributed by atoms with Crippen LogP contribution in [0.15, 0.2) is 84.9 Å². The summed E-state index contributed by atoms with van der Waals surface area (Å²) in [6.07, 6.45) is 0. The molecule has 2 aromatic heterocycles. The molecule has 0 atom stereocenters. The Labute approximate surface area is 174 Å². The number of ether oxygens (including phenoxy) is 1. The van der Waals surface area contributed by atoms with Crippen LogP contribution in [0.3, 0.4) is 0 Å². The molecule has 0 radical (unpaired) electrons. The van der Waals surface area contributed by atoms with Gasteiger partial charge in [-0.15, -0.1) is 0 Å². The van der Waals surface area contributed by atoms with Gasteiger partial charge in [-0.2, -0.15) is 5.10 Å². The van der Waals surface area contributed by atoms with E-state index < -0.39 is 0 Å². The van der Waals surface area contributed by atoms with Gasteiger partial charge in [-0.25, -0.2) is 14.6 Å². The predicted molar refractivity (Wildman–Crippen MR) is 118 cm³/mol. The van der Waals surface area contributed by atoms with Crippen LogP contribution in [0.1, 0.15) is 11.4 Å². The number of hydrogen-bond donors (Lipinski definition) is 0. The zero-order valence-corrected chi connectivity index (χ0v) is 16.8. The fraction of sp³-hybridized carbons (Fsp3) is 0.0800. The molecule has 0 N–H and O–H groups in total. The molecular formula is C25H20N4O. The molecule has 0 bridgehead atoms. The fourth-order valence-electron chi connectivity index (χ4n) is 3.48. The van der Waals surface area contributed by atoms with E-state index in [2.05, 4.69) is 17.2 Å². The van der Waals surface area contributed by atoms with E-state index in [1.165, 1.54) is 0 Å². The molecule has 0 unspecified atom stereocenters. The SMILES string of the molecule is Cc1cc(C)n(-c2nc3ccccc3nc2Oc2ccc(-c3ccccc3)cc2)n1. The van der Waals surface area contributed by atoms with Gasteiger partial charge in [0.25, 0.3) is 5.88 Å². The first-order valence-corrected chi connectivity index (χ1v) is 9.81. The molecule has 0 saturated heterocycles. The van der Waals surface area contributed by atoms with Crippen molar-refractivity contribution >= 4 is 11.0 Å². The number of rotatable bonds is 4. The number of aryl methyl sites for hydroxylation is 2. The molecule has 5 aromatic rings. The van der Waals surface area contributed by atoms with Crippen LogP contribution < -0.4 is 4.74 Å². The minimum Gasteiger partial charge on any atom is -0.436 e. The average Bonchev–Trinajstić information content (AvgIpc) is 3.12. The van der Waals surface area contributed by atoms with E-state index in [0.717, 1.165) is 33.5 Å². The molecule has 146 valence electrons. The van der Waals surface area contributed by atoms with Crippen molar-refractivity contribution in [2.75, 3.05) is 0 Å². The Morgan fingerprint density at radius 3 is 2.00 bits per heavy atom. The lowest BCUT2D eigenvalue weighted by Gasteiger charge is -2.12. The molecule has 2 heterocycles. The molecule has 5 nitrogen and oxygen atoms in total. The van der Waals surface area contributed by atoms with Crippen molar-refractivity contribution in [1.82, 2.24) is 19.7 Å². The molecule has 0 aliphatic carbocycles. The highest BCUT2D eigenvalue weighted by atomic mass is 16.5. The van der Waals surface area contributed by atoms with Crippen LogP contribution in [0.4, 0.5) is 0 Å². The minimum atomic E-state index is 0.423. The molecule has 30 heavy (non-hydrogen) atoms. The standard InChI is InChI=1S/C25H20N4O/c1-17-16-18(2)29(28-17)24-25(27-23-11-7-6-10-22(23)26-24)30-21-14-12-20(13-15-21)19-8-4-3-5-9-19/h3-16H,1-2H3. The summed E-state index contributed by atoms with van der Waals surface area (Å²) in [5.74, 6) is 1.70. The van der Waals surface area contributed by atoms with E-state index in [4.69, 9.17) is 14.7 Å². The van der Waals surface area contributed by atoms with Crippen LogP contribution in [-0.2, 0) is 0 Å². The highest BCUT2D eigenvalue weighted by Crippen LogP contribution is 2.29. The van der Waals surface area contributed by atoms with Gasteiger partial charge in [-0.3, -0.25) is 0 Å². The Bertz CT molecular complexity index is 1320. The molecule has 0 aliphatic rings. The fourth-order valence-corrected chi connectivity index (χ4v) is 3.48. The van der Waals surface area contributed by atoms with Gasteiger partial charge in [0, 0.05) is 5.69 Å². The van der Waals surface area contributed by atoms with Crippen LogP contribution in [0.25, 0.3) is 28.0 Å². The lowest BCUT2D eigenvalue weighted by atomic mass is 10.1. The number of aromatic nitrogens is 4. The normalized spacial score (nSPS) is 11.0. The van der Waals surface area contributed by atoms with Gasteiger partial charge in [0.2, 0.25) is 5.82 Å². The van der Waals surface area contributed by atoms with Crippen molar-refractivity contribution in [3.8, 4) is 28.6 Å². The second-order valence-electron chi connectivity index (χ2n) is 7.17. The maximum absolute atomic E-state index is 6.19. The summed E-state index contributed by atoms with van der Waals surface area (Å²) in [6, 6.07) is 28.0. The van der Waals surface area contributed by atoms with Gasteiger partial charge in [0.05, 0.1) is 16.7 Å². The lowest BCUT2D eigenvalue weighted by Crippen LogP contribution is -2.06. The van der Waals surface area contributed by atoms with Crippen molar-refractivity contribution in [3.63, 3.8) is 0 Å². The van der Waals surface area contributed by atoms with Crippen molar-refractivity contribution < 1.29 is 4.74 Å². The number of hydrogen-bond acceptors (Lipinski definition) is 4. The average molecular weight is 392 g/mol. The van der Waals surface area contributed by atoms with E-state index in [1.54, 1.807) is 4.68 Å². The largest absolute Gasteiger partial charge is 0.436 e. The van der Waals surface area contributed by atoms with Gasteiger partial charge >= 0.3 is 0 Å². The Morgan fingerprint density at radius 2 is 1.33 bits per heavy atom. The molecule has 5 rings (SSSR count). The van der Waals surface area contributed by atoms with E-state index >= 15 is 0 Å². The van der Waals surface area contributed by atoms with E-state index in [-0.39, 0.29) is 0 Å². The highest BCUT2D eigenvalue weighted by Gasteiger charge is 2.16. The van der Waals surface area contributed by atoms with Crippen molar-refractivity contribution in [2.45, 2.75) is 13.8 Å². The summed E-state index contributed by atoms with van der Waals surface area (Å²) in [6.45, 7) is 3.95. The summed E-state index contributed by atoms with van der Waals surface area (Å²) in [4.78, 5) is 9.53. The van der Waals surface area contributed by atoms with Gasteiger partial charge in [-0.05, 0) is 55.3 Å². The summed E-state index contributed by atoms with van der Waals surface area (Å²) in [7, 11) is 0. The van der Waals surface area contributed by atoms with Gasteiger partial charge in [-0.1, -0.05) is 54.6 Å². The number of para-hydroxylation sites is 2. The third-order valence-corrected chi connectivity index (χ3v) is 4.91. The molecule has 0 amide bonds. The Hall–Kier alpha value is -3.99. The van der Waals surface area contributed by atoms with Gasteiger partial charge in [0.15, 0.2) is 0 Å². The Balaban J connectivity index is 1.56. The Kier molecular flexibility index (Phi) is 4.48. The maximum Gasteiger partial charge on any atom is 0.266 e. The van der Waals surface area contributed by atoms with Crippen molar-refractivity contribution in [1.29, 1.82) is 0 Å². The van der Waals surface area contributed by atoms with E-state index in [1.807, 2.05) is 86.6 Å². The number of benzene rings is 3. The van der Waals surface area contributed by atoms with Crippen LogP contribution in [0, 0.1) is 13.8 Å². The highest BCUT2D eigenvalue weighted by molar-refractivity contribution is 5.76. The number of fused-ring (bicyclic) bond motifs is 1. The smallest absolute Gasteiger partial charge is 0.266 e. The molecule has 0 aliphatic heterocycles. The first kappa shape index (κ1) is 18.1. The predicted octanol–water partition coefficient (Wildman–Crippen LogP) is 5.89. The third kappa shape index (κ3) is 3.42. The van der Waals surface area contributed by atoms with Crippen molar-refractivity contribution in [3.05, 3.63) is 96.3 Å². The number of nitrogens with zero attached hydrogens (tertiary/aromatic N) is 4. The quantitative estimate of drug-likeness (QED) is 0.383. The molecule has 5 heteroatoms. The maximum atomic E-state index is 6.19. The molecule has 0 saturated carbocycles. The lowest BCUT2D eigenvalue weighted by molar-refractivity contribution is 0.457. The second-order valence-corrected chi connectivity index (χ2v) is 7.17. The monoisotopic (exact) mass is 392 g/mol. The first-order chi connectivity index (χ1) is 14.7. The van der Waals surface area contributed by atoms with E-state index in [0.29, 0.717) is 17.4 Å². The molecule has 0 spiro atoms. The van der Waals surface area contributed by atoms with Gasteiger partial charge in [0.1, 0.15) is 5.75 Å². The van der Waals surface area contributed by atoms with Crippen LogP contribution >= 0.6 is 0 Å². The molecule has 3 aromatic carbocycles.